The monoisotopic (exact) mass is 292 g/mol. The lowest BCUT2D eigenvalue weighted by molar-refractivity contribution is 0.0768. The molecule has 0 spiro atoms. The first-order valence-electron chi connectivity index (χ1n) is 7.16. The Bertz CT molecular complexity index is 902. The molecule has 4 nitrogen and oxygen atoms in total. The van der Waals surface area contributed by atoms with Crippen LogP contribution in [0, 0.1) is 18.3 Å². The molecule has 3 rings (SSSR count). The molecule has 0 unspecified atom stereocenters. The Morgan fingerprint density at radius 2 is 2.00 bits per heavy atom. The molecule has 110 valence electrons. The molecular weight excluding hydrogens is 276 g/mol. The molecule has 0 fully saturated rings. The lowest BCUT2D eigenvalue weighted by atomic mass is 10.1. The fourth-order valence-electron chi connectivity index (χ4n) is 2.65. The lowest BCUT2D eigenvalue weighted by Crippen LogP contribution is -2.27. The van der Waals surface area contributed by atoms with E-state index in [2.05, 4.69) is 0 Å². The Balaban J connectivity index is 2.12. The van der Waals surface area contributed by atoms with Gasteiger partial charge in [0.25, 0.3) is 5.91 Å². The summed E-state index contributed by atoms with van der Waals surface area (Å²) < 4.78 is 5.90. The maximum atomic E-state index is 12.5. The third-order valence-electron chi connectivity index (χ3n) is 3.93. The van der Waals surface area contributed by atoms with E-state index >= 15 is 0 Å². The Kier molecular flexibility index (Phi) is 3.56. The summed E-state index contributed by atoms with van der Waals surface area (Å²) >= 11 is 0. The minimum Gasteiger partial charge on any atom is -0.450 e. The molecule has 1 heterocycles. The molecule has 1 amide bonds. The average Bonchev–Trinajstić information content (AvgIpc) is 2.89. The van der Waals surface area contributed by atoms with Gasteiger partial charge in [-0.2, -0.15) is 5.26 Å². The van der Waals surface area contributed by atoms with Crippen LogP contribution in [0.1, 0.15) is 22.5 Å². The van der Waals surface area contributed by atoms with E-state index in [-0.39, 0.29) is 5.91 Å². The van der Waals surface area contributed by atoms with Gasteiger partial charge in [-0.1, -0.05) is 36.4 Å². The summed E-state index contributed by atoms with van der Waals surface area (Å²) in [5.74, 6) is 0.167. The van der Waals surface area contributed by atoms with Crippen LogP contribution in [0.15, 0.2) is 40.8 Å². The van der Waals surface area contributed by atoms with E-state index in [9.17, 15) is 4.79 Å². The van der Waals surface area contributed by atoms with Gasteiger partial charge in [-0.05, 0) is 12.3 Å². The van der Waals surface area contributed by atoms with Gasteiger partial charge in [0.2, 0.25) is 0 Å². The van der Waals surface area contributed by atoms with Gasteiger partial charge in [0.1, 0.15) is 5.58 Å². The summed E-state index contributed by atoms with van der Waals surface area (Å²) in [4.78, 5) is 14.0. The van der Waals surface area contributed by atoms with Gasteiger partial charge in [0, 0.05) is 29.9 Å². The first kappa shape index (κ1) is 14.2. The highest BCUT2D eigenvalue weighted by Gasteiger charge is 2.21. The molecule has 0 bridgehead atoms. The summed E-state index contributed by atoms with van der Waals surface area (Å²) in [5, 5.41) is 11.7. The molecule has 4 heteroatoms. The van der Waals surface area contributed by atoms with Crippen molar-refractivity contribution in [3.05, 3.63) is 47.7 Å². The van der Waals surface area contributed by atoms with Gasteiger partial charge in [-0.25, -0.2) is 0 Å². The van der Waals surface area contributed by atoms with Crippen molar-refractivity contribution in [2.24, 2.45) is 0 Å². The minimum atomic E-state index is -0.187. The van der Waals surface area contributed by atoms with Crippen LogP contribution in [0.25, 0.3) is 21.7 Å². The molecule has 0 aliphatic heterocycles. The van der Waals surface area contributed by atoms with E-state index in [1.807, 2.05) is 49.4 Å². The van der Waals surface area contributed by atoms with Crippen molar-refractivity contribution in [3.8, 4) is 6.07 Å². The van der Waals surface area contributed by atoms with Gasteiger partial charge in [0.05, 0.1) is 12.5 Å². The van der Waals surface area contributed by atoms with E-state index < -0.39 is 0 Å². The molecule has 2 aromatic carbocycles. The predicted octanol–water partition coefficient (Wildman–Crippen LogP) is 3.88. The zero-order valence-electron chi connectivity index (χ0n) is 12.6. The fraction of sp³-hybridized carbons (Fsp3) is 0.222. The van der Waals surface area contributed by atoms with Crippen LogP contribution in [0.5, 0.6) is 0 Å². The predicted molar refractivity (Wildman–Crippen MR) is 85.6 cm³/mol. The number of carbonyl (C=O) groups excluding carboxylic acids is 1. The first-order chi connectivity index (χ1) is 10.6. The zero-order chi connectivity index (χ0) is 15.7. The van der Waals surface area contributed by atoms with Gasteiger partial charge < -0.3 is 9.32 Å². The number of nitriles is 1. The highest BCUT2D eigenvalue weighted by atomic mass is 16.3. The number of carbonyl (C=O) groups is 1. The van der Waals surface area contributed by atoms with E-state index in [1.54, 1.807) is 7.05 Å². The van der Waals surface area contributed by atoms with Crippen LogP contribution in [-0.4, -0.2) is 24.4 Å². The van der Waals surface area contributed by atoms with Crippen LogP contribution in [0.4, 0.5) is 0 Å². The molecule has 0 aliphatic rings. The topological polar surface area (TPSA) is 57.2 Å². The summed E-state index contributed by atoms with van der Waals surface area (Å²) in [6.07, 6.45) is 0.310. The number of hydrogen-bond acceptors (Lipinski definition) is 3. The first-order valence-corrected chi connectivity index (χ1v) is 7.16. The van der Waals surface area contributed by atoms with Crippen molar-refractivity contribution in [1.82, 2.24) is 4.90 Å². The second-order valence-corrected chi connectivity index (χ2v) is 5.35. The molecule has 0 aliphatic carbocycles. The van der Waals surface area contributed by atoms with Crippen LogP contribution in [0.3, 0.4) is 0 Å². The van der Waals surface area contributed by atoms with Crippen molar-refractivity contribution in [2.75, 3.05) is 13.6 Å². The molecule has 0 radical (unpaired) electrons. The smallest absolute Gasteiger partial charge is 0.289 e. The Hall–Kier alpha value is -2.80. The molecule has 22 heavy (non-hydrogen) atoms. The largest absolute Gasteiger partial charge is 0.450 e. The minimum absolute atomic E-state index is 0.187. The van der Waals surface area contributed by atoms with Gasteiger partial charge >= 0.3 is 0 Å². The highest BCUT2D eigenvalue weighted by molar-refractivity contribution is 6.08. The molecule has 0 atom stereocenters. The Morgan fingerprint density at radius 1 is 1.23 bits per heavy atom. The molecular formula is C18H16N2O2. The van der Waals surface area contributed by atoms with E-state index in [1.165, 1.54) is 4.90 Å². The molecule has 1 aromatic heterocycles. The fourth-order valence-corrected chi connectivity index (χ4v) is 2.65. The van der Waals surface area contributed by atoms with Gasteiger partial charge in [-0.3, -0.25) is 4.79 Å². The number of fused-ring (bicyclic) bond motifs is 3. The van der Waals surface area contributed by atoms with Crippen molar-refractivity contribution >= 4 is 27.6 Å². The van der Waals surface area contributed by atoms with Crippen molar-refractivity contribution in [2.45, 2.75) is 13.3 Å². The standard InChI is InChI=1S/C18H16N2O2/c1-12-14-9-8-13-6-3-4-7-15(13)17(14)22-16(12)18(21)20(2)11-5-10-19/h3-4,6-9H,5,11H2,1-2H3. The van der Waals surface area contributed by atoms with Crippen LogP contribution in [0.2, 0.25) is 0 Å². The summed E-state index contributed by atoms with van der Waals surface area (Å²) in [6, 6.07) is 14.0. The quantitative estimate of drug-likeness (QED) is 0.736. The number of nitrogens with zero attached hydrogens (tertiary/aromatic N) is 2. The van der Waals surface area contributed by atoms with Crippen LogP contribution in [-0.2, 0) is 0 Å². The van der Waals surface area contributed by atoms with Crippen molar-refractivity contribution in [3.63, 3.8) is 0 Å². The number of benzene rings is 2. The van der Waals surface area contributed by atoms with E-state index in [0.29, 0.717) is 18.7 Å². The third kappa shape index (κ3) is 2.21. The number of hydrogen-bond donors (Lipinski definition) is 0. The zero-order valence-corrected chi connectivity index (χ0v) is 12.6. The normalized spacial score (nSPS) is 10.8. The number of furan rings is 1. The van der Waals surface area contributed by atoms with Crippen molar-refractivity contribution in [1.29, 1.82) is 5.26 Å². The second kappa shape index (κ2) is 5.53. The summed E-state index contributed by atoms with van der Waals surface area (Å²) in [5.41, 5.74) is 1.59. The van der Waals surface area contributed by atoms with Gasteiger partial charge in [0.15, 0.2) is 5.76 Å². The SMILES string of the molecule is Cc1c(C(=O)N(C)CCC#N)oc2c1ccc1ccccc12. The van der Waals surface area contributed by atoms with Crippen LogP contribution < -0.4 is 0 Å². The molecule has 0 saturated carbocycles. The Morgan fingerprint density at radius 3 is 2.77 bits per heavy atom. The second-order valence-electron chi connectivity index (χ2n) is 5.35. The van der Waals surface area contributed by atoms with Gasteiger partial charge in [-0.15, -0.1) is 0 Å². The lowest BCUT2D eigenvalue weighted by Gasteiger charge is -2.13. The maximum absolute atomic E-state index is 12.5. The summed E-state index contributed by atoms with van der Waals surface area (Å²) in [6.45, 7) is 2.29. The van der Waals surface area contributed by atoms with E-state index in [4.69, 9.17) is 9.68 Å². The van der Waals surface area contributed by atoms with Crippen molar-refractivity contribution < 1.29 is 9.21 Å². The highest BCUT2D eigenvalue weighted by Crippen LogP contribution is 2.32. The average molecular weight is 292 g/mol. The summed E-state index contributed by atoms with van der Waals surface area (Å²) in [7, 11) is 1.68. The number of aryl methyl sites for hydroxylation is 1. The van der Waals surface area contributed by atoms with E-state index in [0.717, 1.165) is 27.3 Å². The Labute approximate surface area is 128 Å². The molecule has 0 saturated heterocycles. The van der Waals surface area contributed by atoms with Crippen LogP contribution >= 0.6 is 0 Å². The third-order valence-corrected chi connectivity index (χ3v) is 3.93. The molecule has 0 N–H and O–H groups in total. The maximum Gasteiger partial charge on any atom is 0.289 e. The number of rotatable bonds is 3. The molecule has 3 aromatic rings. The number of amides is 1.